The summed E-state index contributed by atoms with van der Waals surface area (Å²) >= 11 is 0. The lowest BCUT2D eigenvalue weighted by Gasteiger charge is -2.39. The van der Waals surface area contributed by atoms with E-state index in [1.807, 2.05) is 29.7 Å². The van der Waals surface area contributed by atoms with Crippen LogP contribution in [0.4, 0.5) is 0 Å². The van der Waals surface area contributed by atoms with Gasteiger partial charge >= 0.3 is 0 Å². The van der Waals surface area contributed by atoms with Crippen molar-refractivity contribution in [1.29, 1.82) is 0 Å². The fraction of sp³-hybridized carbons (Fsp3) is 0.550. The maximum Gasteiger partial charge on any atom is 0.274 e. The van der Waals surface area contributed by atoms with Gasteiger partial charge in [0.05, 0.1) is 13.2 Å². The first-order valence-corrected chi connectivity index (χ1v) is 9.65. The number of rotatable bonds is 3. The van der Waals surface area contributed by atoms with E-state index in [0.29, 0.717) is 18.8 Å². The van der Waals surface area contributed by atoms with E-state index < -0.39 is 5.60 Å². The van der Waals surface area contributed by atoms with Crippen molar-refractivity contribution in [3.05, 3.63) is 35.8 Å². The molecule has 2 fully saturated rings. The number of carbonyl (C=O) groups is 2. The van der Waals surface area contributed by atoms with Gasteiger partial charge in [-0.05, 0) is 38.3 Å². The van der Waals surface area contributed by atoms with Gasteiger partial charge in [-0.15, -0.1) is 0 Å². The summed E-state index contributed by atoms with van der Waals surface area (Å²) in [5.74, 6) is -0.293. The van der Waals surface area contributed by atoms with Crippen molar-refractivity contribution in [2.45, 2.75) is 51.2 Å². The molecule has 2 aliphatic rings. The molecule has 2 aromatic heterocycles. The Kier molecular flexibility index (Phi) is 4.63. The van der Waals surface area contributed by atoms with Crippen molar-refractivity contribution in [2.24, 2.45) is 0 Å². The first kappa shape index (κ1) is 18.0. The average Bonchev–Trinajstić information content (AvgIpc) is 3.31. The molecule has 1 aliphatic carbocycles. The second-order valence-corrected chi connectivity index (χ2v) is 7.81. The van der Waals surface area contributed by atoms with Gasteiger partial charge in [0.1, 0.15) is 11.3 Å². The van der Waals surface area contributed by atoms with Crippen molar-refractivity contribution in [1.82, 2.24) is 19.6 Å². The zero-order valence-electron chi connectivity index (χ0n) is 15.9. The molecule has 0 aromatic carbocycles. The van der Waals surface area contributed by atoms with Crippen LogP contribution in [0, 0.1) is 6.92 Å². The summed E-state index contributed by atoms with van der Waals surface area (Å²) in [5.41, 5.74) is 1.16. The second kappa shape index (κ2) is 6.96. The molecule has 0 unspecified atom stereocenters. The van der Waals surface area contributed by atoms with Crippen molar-refractivity contribution in [3.63, 3.8) is 0 Å². The molecule has 1 N–H and O–H groups in total. The molecule has 3 heterocycles. The van der Waals surface area contributed by atoms with Crippen molar-refractivity contribution < 1.29 is 14.3 Å². The largest absolute Gasteiger partial charge is 0.362 e. The van der Waals surface area contributed by atoms with Crippen molar-refractivity contribution in [2.75, 3.05) is 19.7 Å². The summed E-state index contributed by atoms with van der Waals surface area (Å²) in [6, 6.07) is 4.12. The molecule has 0 radical (unpaired) electrons. The van der Waals surface area contributed by atoms with E-state index in [4.69, 9.17) is 4.74 Å². The van der Waals surface area contributed by atoms with Gasteiger partial charge in [0.15, 0.2) is 5.60 Å². The number of aryl methyl sites for hydroxylation is 1. The molecular weight excluding hydrogens is 344 g/mol. The summed E-state index contributed by atoms with van der Waals surface area (Å²) in [6.07, 6.45) is 7.97. The van der Waals surface area contributed by atoms with E-state index in [-0.39, 0.29) is 24.4 Å². The molecule has 1 aliphatic heterocycles. The standard InChI is InChI=1S/C20H26N4O3/c1-14-6-5-9-23-12-16(22-17(14)23)18(25)24-10-11-27-20(2,13-24)19(26)21-15-7-3-4-8-15/h5-6,9,12,15H,3-4,7-8,10-11,13H2,1-2H3,(H,21,26)/t20-/m0/s1. The van der Waals surface area contributed by atoms with Crippen LogP contribution < -0.4 is 5.32 Å². The fourth-order valence-electron chi connectivity index (χ4n) is 4.01. The van der Waals surface area contributed by atoms with E-state index in [0.717, 1.165) is 36.9 Å². The Morgan fingerprint density at radius 3 is 2.85 bits per heavy atom. The third-order valence-corrected chi connectivity index (χ3v) is 5.63. The number of fused-ring (bicyclic) bond motifs is 1. The fourth-order valence-corrected chi connectivity index (χ4v) is 4.01. The summed E-state index contributed by atoms with van der Waals surface area (Å²) < 4.78 is 7.66. The number of ether oxygens (including phenoxy) is 1. The molecule has 27 heavy (non-hydrogen) atoms. The first-order chi connectivity index (χ1) is 13.0. The Hall–Kier alpha value is -2.41. The maximum atomic E-state index is 13.0. The second-order valence-electron chi connectivity index (χ2n) is 7.81. The van der Waals surface area contributed by atoms with Crippen LogP contribution >= 0.6 is 0 Å². The highest BCUT2D eigenvalue weighted by atomic mass is 16.5. The van der Waals surface area contributed by atoms with Crippen LogP contribution in [0.1, 0.15) is 48.7 Å². The monoisotopic (exact) mass is 370 g/mol. The third-order valence-electron chi connectivity index (χ3n) is 5.63. The zero-order chi connectivity index (χ0) is 19.0. The van der Waals surface area contributed by atoms with Crippen LogP contribution in [0.2, 0.25) is 0 Å². The predicted molar refractivity (Wildman–Crippen MR) is 101 cm³/mol. The number of morpholine rings is 1. The molecule has 2 aromatic rings. The Morgan fingerprint density at radius 1 is 1.33 bits per heavy atom. The van der Waals surface area contributed by atoms with Gasteiger partial charge in [0, 0.05) is 25.0 Å². The van der Waals surface area contributed by atoms with Crippen molar-refractivity contribution in [3.8, 4) is 0 Å². The number of carbonyl (C=O) groups excluding carboxylic acids is 2. The minimum absolute atomic E-state index is 0.127. The van der Waals surface area contributed by atoms with Gasteiger partial charge in [-0.3, -0.25) is 9.59 Å². The van der Waals surface area contributed by atoms with Gasteiger partial charge in [-0.25, -0.2) is 4.98 Å². The van der Waals surface area contributed by atoms with E-state index in [1.165, 1.54) is 0 Å². The molecule has 1 saturated heterocycles. The molecule has 1 saturated carbocycles. The minimum Gasteiger partial charge on any atom is -0.362 e. The quantitative estimate of drug-likeness (QED) is 0.896. The van der Waals surface area contributed by atoms with Gasteiger partial charge < -0.3 is 19.4 Å². The van der Waals surface area contributed by atoms with Gasteiger partial charge in [-0.2, -0.15) is 0 Å². The van der Waals surface area contributed by atoms with Crippen LogP contribution in [0.3, 0.4) is 0 Å². The first-order valence-electron chi connectivity index (χ1n) is 9.65. The van der Waals surface area contributed by atoms with Crippen LogP contribution in [0.25, 0.3) is 5.65 Å². The number of hydrogen-bond acceptors (Lipinski definition) is 4. The Balaban J connectivity index is 1.50. The number of aromatic nitrogens is 2. The molecule has 0 spiro atoms. The Labute approximate surface area is 158 Å². The maximum absolute atomic E-state index is 13.0. The summed E-state index contributed by atoms with van der Waals surface area (Å²) in [6.45, 7) is 4.77. The molecule has 1 atom stereocenters. The minimum atomic E-state index is -1.02. The van der Waals surface area contributed by atoms with Gasteiger partial charge in [0.25, 0.3) is 11.8 Å². The van der Waals surface area contributed by atoms with Crippen molar-refractivity contribution >= 4 is 17.5 Å². The number of amides is 2. The molecule has 0 bridgehead atoms. The molecule has 7 heteroatoms. The van der Waals surface area contributed by atoms with Gasteiger partial charge in [0.2, 0.25) is 0 Å². The summed E-state index contributed by atoms with van der Waals surface area (Å²) in [4.78, 5) is 31.9. The molecule has 144 valence electrons. The van der Waals surface area contributed by atoms with Gasteiger partial charge in [-0.1, -0.05) is 18.9 Å². The number of pyridine rings is 1. The molecule has 2 amide bonds. The topological polar surface area (TPSA) is 75.9 Å². The van der Waals surface area contributed by atoms with E-state index in [1.54, 1.807) is 18.0 Å². The highest BCUT2D eigenvalue weighted by Crippen LogP contribution is 2.23. The van der Waals surface area contributed by atoms with E-state index in [2.05, 4.69) is 10.3 Å². The molecule has 7 nitrogen and oxygen atoms in total. The normalized spacial score (nSPS) is 23.7. The zero-order valence-corrected chi connectivity index (χ0v) is 15.9. The predicted octanol–water partition coefficient (Wildman–Crippen LogP) is 1.93. The lowest BCUT2D eigenvalue weighted by Crippen LogP contribution is -2.60. The van der Waals surface area contributed by atoms with Crippen LogP contribution in [-0.4, -0.2) is 57.4 Å². The Bertz CT molecular complexity index is 871. The van der Waals surface area contributed by atoms with E-state index in [9.17, 15) is 9.59 Å². The summed E-state index contributed by atoms with van der Waals surface area (Å²) in [5, 5.41) is 3.10. The van der Waals surface area contributed by atoms with Crippen LogP contribution in [0.15, 0.2) is 24.5 Å². The molecular formula is C20H26N4O3. The highest BCUT2D eigenvalue weighted by Gasteiger charge is 2.42. The molecule has 4 rings (SSSR count). The van der Waals surface area contributed by atoms with Crippen LogP contribution in [0.5, 0.6) is 0 Å². The lowest BCUT2D eigenvalue weighted by atomic mass is 10.0. The Morgan fingerprint density at radius 2 is 2.11 bits per heavy atom. The number of imidazole rings is 1. The summed E-state index contributed by atoms with van der Waals surface area (Å²) in [7, 11) is 0. The highest BCUT2D eigenvalue weighted by molar-refractivity contribution is 5.94. The average molecular weight is 370 g/mol. The number of hydrogen-bond donors (Lipinski definition) is 1. The smallest absolute Gasteiger partial charge is 0.274 e. The number of nitrogens with one attached hydrogen (secondary N) is 1. The SMILES string of the molecule is Cc1cccn2cc(C(=O)N3CCO[C@](C)(C(=O)NC4CCCC4)C3)nc12. The van der Waals surface area contributed by atoms with E-state index >= 15 is 0 Å². The number of nitrogens with zero attached hydrogens (tertiary/aromatic N) is 3. The van der Waals surface area contributed by atoms with Crippen LogP contribution in [-0.2, 0) is 9.53 Å². The third kappa shape index (κ3) is 3.43. The lowest BCUT2D eigenvalue weighted by molar-refractivity contribution is -0.154.